The van der Waals surface area contributed by atoms with E-state index in [2.05, 4.69) is 0 Å². The fourth-order valence-electron chi connectivity index (χ4n) is 2.27. The van der Waals surface area contributed by atoms with E-state index < -0.39 is 63.2 Å². The first-order valence-electron chi connectivity index (χ1n) is 7.70. The number of nitro benzene ring substituents is 1. The summed E-state index contributed by atoms with van der Waals surface area (Å²) in [6, 6.07) is 4.88. The monoisotopic (exact) mass is 434 g/mol. The number of rotatable bonds is 6. The molecule has 0 saturated heterocycles. The molecule has 0 fully saturated rings. The van der Waals surface area contributed by atoms with Crippen molar-refractivity contribution in [1.29, 1.82) is 0 Å². The van der Waals surface area contributed by atoms with Gasteiger partial charge in [0.05, 0.1) is 15.5 Å². The number of nitrogens with two attached hydrogens (primary N) is 1. The maximum Gasteiger partial charge on any atom is 0.416 e. The molecule has 0 radical (unpaired) electrons. The van der Waals surface area contributed by atoms with E-state index in [1.54, 1.807) is 0 Å². The normalized spacial score (nSPS) is 12.3. The Morgan fingerprint density at radius 1 is 1.21 bits per heavy atom. The van der Waals surface area contributed by atoms with E-state index >= 15 is 0 Å². The van der Waals surface area contributed by atoms with Crippen LogP contribution < -0.4 is 5.73 Å². The predicted molar refractivity (Wildman–Crippen MR) is 91.6 cm³/mol. The first-order chi connectivity index (χ1) is 13.4. The van der Waals surface area contributed by atoms with Crippen LogP contribution in [0.4, 0.5) is 23.2 Å². The number of esters is 1. The van der Waals surface area contributed by atoms with Gasteiger partial charge in [0.1, 0.15) is 5.56 Å². The number of hydrogen-bond donors (Lipinski definition) is 1. The SMILES string of the molecule is NC(=O)C(Cc1ccc(C(F)(F)F)cc1)OC(=O)c1cc([N+](=O)[O-])cc(Cl)c1F. The van der Waals surface area contributed by atoms with Crippen molar-refractivity contribution in [3.63, 3.8) is 0 Å². The molecule has 0 aromatic heterocycles. The molecule has 0 bridgehead atoms. The van der Waals surface area contributed by atoms with Crippen LogP contribution in [0.25, 0.3) is 0 Å². The Labute approximate surface area is 165 Å². The molecule has 12 heteroatoms. The Bertz CT molecular complexity index is 964. The lowest BCUT2D eigenvalue weighted by Crippen LogP contribution is -2.35. The molecule has 0 spiro atoms. The molecule has 2 rings (SSSR count). The molecule has 1 atom stereocenters. The average molecular weight is 435 g/mol. The van der Waals surface area contributed by atoms with E-state index in [1.165, 1.54) is 0 Å². The Kier molecular flexibility index (Phi) is 6.42. The van der Waals surface area contributed by atoms with Gasteiger partial charge in [-0.3, -0.25) is 14.9 Å². The summed E-state index contributed by atoms with van der Waals surface area (Å²) in [6.07, 6.45) is -6.63. The van der Waals surface area contributed by atoms with E-state index in [0.717, 1.165) is 24.3 Å². The molecule has 154 valence electrons. The van der Waals surface area contributed by atoms with Crippen molar-refractivity contribution < 1.29 is 36.8 Å². The van der Waals surface area contributed by atoms with E-state index in [1.807, 2.05) is 0 Å². The van der Waals surface area contributed by atoms with Crippen LogP contribution in [0.3, 0.4) is 0 Å². The topological polar surface area (TPSA) is 113 Å². The smallest absolute Gasteiger partial charge is 0.416 e. The molecule has 2 aromatic carbocycles. The summed E-state index contributed by atoms with van der Waals surface area (Å²) in [5.41, 5.74) is 2.78. The van der Waals surface area contributed by atoms with Crippen LogP contribution >= 0.6 is 11.6 Å². The fourth-order valence-corrected chi connectivity index (χ4v) is 2.48. The van der Waals surface area contributed by atoms with Crippen LogP contribution in [-0.4, -0.2) is 22.9 Å². The van der Waals surface area contributed by atoms with E-state index in [-0.39, 0.29) is 5.56 Å². The predicted octanol–water partition coefficient (Wildman–Crippen LogP) is 3.66. The van der Waals surface area contributed by atoms with E-state index in [0.29, 0.717) is 12.1 Å². The van der Waals surface area contributed by atoms with Gasteiger partial charge in [0.2, 0.25) is 0 Å². The second kappa shape index (κ2) is 8.43. The highest BCUT2D eigenvalue weighted by molar-refractivity contribution is 6.31. The minimum atomic E-state index is -4.56. The zero-order valence-electron chi connectivity index (χ0n) is 14.2. The van der Waals surface area contributed by atoms with Crippen LogP contribution in [0.2, 0.25) is 5.02 Å². The Morgan fingerprint density at radius 3 is 2.28 bits per heavy atom. The third kappa shape index (κ3) is 5.41. The number of primary amides is 1. The third-order valence-corrected chi connectivity index (χ3v) is 3.99. The number of carbonyl (C=O) groups is 2. The van der Waals surface area contributed by atoms with Gasteiger partial charge in [-0.1, -0.05) is 23.7 Å². The zero-order chi connectivity index (χ0) is 21.9. The van der Waals surface area contributed by atoms with Gasteiger partial charge >= 0.3 is 12.1 Å². The molecule has 29 heavy (non-hydrogen) atoms. The second-order valence-electron chi connectivity index (χ2n) is 5.74. The molecule has 1 unspecified atom stereocenters. The molecular formula is C17H11ClF4N2O5. The van der Waals surface area contributed by atoms with Gasteiger partial charge in [0.25, 0.3) is 11.6 Å². The number of benzene rings is 2. The van der Waals surface area contributed by atoms with Gasteiger partial charge in [0, 0.05) is 18.6 Å². The number of halogens is 5. The Balaban J connectivity index is 2.24. The molecule has 0 aliphatic rings. The lowest BCUT2D eigenvalue weighted by atomic mass is 10.0. The van der Waals surface area contributed by atoms with Crippen LogP contribution in [0.1, 0.15) is 21.5 Å². The Morgan fingerprint density at radius 2 is 1.79 bits per heavy atom. The first kappa shape index (κ1) is 22.1. The molecule has 2 N–H and O–H groups in total. The number of alkyl halides is 3. The quantitative estimate of drug-likeness (QED) is 0.322. The molecule has 2 aromatic rings. The van der Waals surface area contributed by atoms with Gasteiger partial charge in [-0.2, -0.15) is 13.2 Å². The Hall–Kier alpha value is -3.21. The second-order valence-corrected chi connectivity index (χ2v) is 6.15. The summed E-state index contributed by atoms with van der Waals surface area (Å²) in [5.74, 6) is -3.92. The molecule has 1 amide bonds. The first-order valence-corrected chi connectivity index (χ1v) is 8.07. The van der Waals surface area contributed by atoms with Crippen molar-refractivity contribution in [2.75, 3.05) is 0 Å². The summed E-state index contributed by atoms with van der Waals surface area (Å²) in [6.45, 7) is 0. The van der Waals surface area contributed by atoms with Crippen molar-refractivity contribution in [3.05, 3.63) is 74.0 Å². The van der Waals surface area contributed by atoms with Gasteiger partial charge in [-0.05, 0) is 17.7 Å². The van der Waals surface area contributed by atoms with Crippen molar-refractivity contribution in [2.24, 2.45) is 5.73 Å². The van der Waals surface area contributed by atoms with E-state index in [9.17, 15) is 37.3 Å². The number of ether oxygens (including phenoxy) is 1. The van der Waals surface area contributed by atoms with Gasteiger partial charge in [0.15, 0.2) is 11.9 Å². The molecule has 0 heterocycles. The minimum absolute atomic E-state index is 0.173. The van der Waals surface area contributed by atoms with E-state index in [4.69, 9.17) is 22.1 Å². The lowest BCUT2D eigenvalue weighted by molar-refractivity contribution is -0.384. The maximum absolute atomic E-state index is 14.1. The lowest BCUT2D eigenvalue weighted by Gasteiger charge is -2.16. The molecular weight excluding hydrogens is 424 g/mol. The summed E-state index contributed by atoms with van der Waals surface area (Å²) in [5, 5.41) is 10.1. The van der Waals surface area contributed by atoms with Gasteiger partial charge in [-0.15, -0.1) is 0 Å². The van der Waals surface area contributed by atoms with Crippen molar-refractivity contribution in [3.8, 4) is 0 Å². The number of carbonyl (C=O) groups excluding carboxylic acids is 2. The standard InChI is InChI=1S/C17H11ClF4N2O5/c18-12-7-10(24(27)28)6-11(14(12)19)16(26)29-13(15(23)25)5-8-1-3-9(4-2-8)17(20,21)22/h1-4,6-7,13H,5H2,(H2,23,25). The molecule has 0 aliphatic carbocycles. The largest absolute Gasteiger partial charge is 0.448 e. The highest BCUT2D eigenvalue weighted by atomic mass is 35.5. The number of nitro groups is 1. The molecule has 7 nitrogen and oxygen atoms in total. The van der Waals surface area contributed by atoms with Gasteiger partial charge in [-0.25, -0.2) is 9.18 Å². The third-order valence-electron chi connectivity index (χ3n) is 3.71. The zero-order valence-corrected chi connectivity index (χ0v) is 15.0. The van der Waals surface area contributed by atoms with Crippen LogP contribution in [0.15, 0.2) is 36.4 Å². The minimum Gasteiger partial charge on any atom is -0.448 e. The summed E-state index contributed by atoms with van der Waals surface area (Å²) >= 11 is 5.52. The van der Waals surface area contributed by atoms with Crippen LogP contribution in [0.5, 0.6) is 0 Å². The maximum atomic E-state index is 14.1. The molecule has 0 aliphatic heterocycles. The van der Waals surface area contributed by atoms with Crippen molar-refractivity contribution >= 4 is 29.2 Å². The number of non-ortho nitro benzene ring substituents is 1. The highest BCUT2D eigenvalue weighted by Crippen LogP contribution is 2.29. The summed E-state index contributed by atoms with van der Waals surface area (Å²) < 4.78 is 56.6. The summed E-state index contributed by atoms with van der Waals surface area (Å²) in [7, 11) is 0. The average Bonchev–Trinajstić information content (AvgIpc) is 2.62. The number of hydrogen-bond acceptors (Lipinski definition) is 5. The van der Waals surface area contributed by atoms with Crippen LogP contribution in [0, 0.1) is 15.9 Å². The van der Waals surface area contributed by atoms with Gasteiger partial charge < -0.3 is 10.5 Å². The molecule has 0 saturated carbocycles. The number of amides is 1. The highest BCUT2D eigenvalue weighted by Gasteiger charge is 2.31. The fraction of sp³-hybridized carbons (Fsp3) is 0.176. The summed E-state index contributed by atoms with van der Waals surface area (Å²) in [4.78, 5) is 33.7. The van der Waals surface area contributed by atoms with Crippen molar-refractivity contribution in [2.45, 2.75) is 18.7 Å². The van der Waals surface area contributed by atoms with Crippen LogP contribution in [-0.2, 0) is 22.1 Å². The number of nitrogens with zero attached hydrogens (tertiary/aromatic N) is 1. The van der Waals surface area contributed by atoms with Crippen molar-refractivity contribution in [1.82, 2.24) is 0 Å².